The summed E-state index contributed by atoms with van der Waals surface area (Å²) in [5.74, 6) is 0.0485. The second kappa shape index (κ2) is 5.68. The first-order valence-corrected chi connectivity index (χ1v) is 6.10. The molecule has 0 bridgehead atoms. The first-order chi connectivity index (χ1) is 8.65. The summed E-state index contributed by atoms with van der Waals surface area (Å²) >= 11 is 0. The quantitative estimate of drug-likeness (QED) is 0.740. The molecule has 1 aliphatic heterocycles. The van der Waals surface area contributed by atoms with Gasteiger partial charge in [-0.1, -0.05) is 0 Å². The van der Waals surface area contributed by atoms with E-state index in [9.17, 15) is 9.59 Å². The summed E-state index contributed by atoms with van der Waals surface area (Å²) in [6, 6.07) is 3.06. The van der Waals surface area contributed by atoms with Gasteiger partial charge in [0.25, 0.3) is 5.56 Å². The van der Waals surface area contributed by atoms with Crippen LogP contribution in [0.25, 0.3) is 0 Å². The van der Waals surface area contributed by atoms with E-state index in [4.69, 9.17) is 5.73 Å². The number of nitrogens with one attached hydrogen (secondary N) is 1. The van der Waals surface area contributed by atoms with Crippen LogP contribution >= 0.6 is 0 Å². The largest absolute Gasteiger partial charge is 0.398 e. The summed E-state index contributed by atoms with van der Waals surface area (Å²) in [5.41, 5.74) is 6.15. The predicted octanol–water partition coefficient (Wildman–Crippen LogP) is -0.748. The molecule has 1 aliphatic rings. The summed E-state index contributed by atoms with van der Waals surface area (Å²) in [4.78, 5) is 25.0. The normalized spacial score (nSPS) is 17.2. The molecule has 0 aliphatic carbocycles. The molecule has 0 spiro atoms. The zero-order valence-electron chi connectivity index (χ0n) is 10.3. The lowest BCUT2D eigenvalue weighted by atomic mass is 10.3. The Morgan fingerprint density at radius 3 is 2.94 bits per heavy atom. The molecule has 1 fully saturated rings. The molecule has 0 atom stereocenters. The molecule has 0 unspecified atom stereocenters. The lowest BCUT2D eigenvalue weighted by molar-refractivity contribution is -0.121. The van der Waals surface area contributed by atoms with Gasteiger partial charge in [-0.15, -0.1) is 0 Å². The highest BCUT2D eigenvalue weighted by Crippen LogP contribution is 1.99. The van der Waals surface area contributed by atoms with Crippen molar-refractivity contribution >= 4 is 11.6 Å². The van der Waals surface area contributed by atoms with Crippen molar-refractivity contribution in [3.05, 3.63) is 28.7 Å². The van der Waals surface area contributed by atoms with E-state index in [0.717, 1.165) is 19.5 Å². The maximum Gasteiger partial charge on any atom is 0.250 e. The highest BCUT2D eigenvalue weighted by Gasteiger charge is 2.14. The van der Waals surface area contributed by atoms with Crippen molar-refractivity contribution in [1.29, 1.82) is 0 Å². The van der Waals surface area contributed by atoms with Gasteiger partial charge in [0.05, 0.1) is 6.54 Å². The van der Waals surface area contributed by atoms with E-state index in [-0.39, 0.29) is 11.5 Å². The zero-order chi connectivity index (χ0) is 13.0. The average Bonchev–Trinajstić information content (AvgIpc) is 2.55. The van der Waals surface area contributed by atoms with Gasteiger partial charge in [0.1, 0.15) is 0 Å². The Morgan fingerprint density at radius 1 is 1.28 bits per heavy atom. The Morgan fingerprint density at radius 2 is 2.11 bits per heavy atom. The van der Waals surface area contributed by atoms with Crippen LogP contribution in [0, 0.1) is 0 Å². The van der Waals surface area contributed by atoms with Crippen molar-refractivity contribution in [2.24, 2.45) is 0 Å². The lowest BCUT2D eigenvalue weighted by Crippen LogP contribution is -2.36. The summed E-state index contributed by atoms with van der Waals surface area (Å²) in [5, 5.41) is 2.82. The molecule has 0 saturated carbocycles. The number of amides is 1. The van der Waals surface area contributed by atoms with E-state index in [1.807, 2.05) is 0 Å². The van der Waals surface area contributed by atoms with Gasteiger partial charge < -0.3 is 15.6 Å². The van der Waals surface area contributed by atoms with Crippen LogP contribution in [0.3, 0.4) is 0 Å². The standard InChI is InChI=1S/C12H18N4O2/c13-10-2-3-12(18)16(8-10)7-6-15-5-1-4-14-11(17)9-15/h2-3,8H,1,4-7,9,13H2,(H,14,17). The van der Waals surface area contributed by atoms with E-state index in [2.05, 4.69) is 10.2 Å². The Balaban J connectivity index is 1.96. The number of nitrogen functional groups attached to an aromatic ring is 1. The third kappa shape index (κ3) is 3.33. The van der Waals surface area contributed by atoms with E-state index in [0.29, 0.717) is 25.3 Å². The molecule has 18 heavy (non-hydrogen) atoms. The first-order valence-electron chi connectivity index (χ1n) is 6.10. The summed E-state index contributed by atoms with van der Waals surface area (Å²) in [7, 11) is 0. The van der Waals surface area contributed by atoms with Crippen LogP contribution in [-0.2, 0) is 11.3 Å². The molecule has 98 valence electrons. The number of pyridine rings is 1. The molecule has 6 heteroatoms. The third-order valence-corrected chi connectivity index (χ3v) is 3.00. The topological polar surface area (TPSA) is 80.4 Å². The second-order valence-electron chi connectivity index (χ2n) is 4.47. The number of nitrogens with two attached hydrogens (primary N) is 1. The molecule has 2 heterocycles. The Bertz CT molecular complexity index is 483. The Kier molecular flexibility index (Phi) is 3.99. The Labute approximate surface area is 105 Å². The number of nitrogens with zero attached hydrogens (tertiary/aromatic N) is 2. The van der Waals surface area contributed by atoms with Crippen LogP contribution in [-0.4, -0.2) is 41.6 Å². The molecular weight excluding hydrogens is 232 g/mol. The van der Waals surface area contributed by atoms with Crippen LogP contribution in [0.1, 0.15) is 6.42 Å². The monoisotopic (exact) mass is 250 g/mol. The van der Waals surface area contributed by atoms with Crippen molar-refractivity contribution < 1.29 is 4.79 Å². The summed E-state index contributed by atoms with van der Waals surface area (Å²) in [6.07, 6.45) is 2.58. The van der Waals surface area contributed by atoms with Crippen molar-refractivity contribution in [3.8, 4) is 0 Å². The smallest absolute Gasteiger partial charge is 0.250 e. The molecule has 0 aromatic carbocycles. The van der Waals surface area contributed by atoms with Crippen LogP contribution in [0.15, 0.2) is 23.1 Å². The fraction of sp³-hybridized carbons (Fsp3) is 0.500. The minimum atomic E-state index is -0.0662. The van der Waals surface area contributed by atoms with Gasteiger partial charge in [0, 0.05) is 44.1 Å². The molecule has 2 rings (SSSR count). The number of carbonyl (C=O) groups excluding carboxylic acids is 1. The van der Waals surface area contributed by atoms with Crippen molar-refractivity contribution in [1.82, 2.24) is 14.8 Å². The highest BCUT2D eigenvalue weighted by molar-refractivity contribution is 5.78. The van der Waals surface area contributed by atoms with Gasteiger partial charge >= 0.3 is 0 Å². The number of aromatic nitrogens is 1. The van der Waals surface area contributed by atoms with Gasteiger partial charge in [-0.2, -0.15) is 0 Å². The van der Waals surface area contributed by atoms with Crippen LogP contribution < -0.4 is 16.6 Å². The lowest BCUT2D eigenvalue weighted by Gasteiger charge is -2.18. The summed E-state index contributed by atoms with van der Waals surface area (Å²) < 4.78 is 1.58. The van der Waals surface area contributed by atoms with E-state index in [1.165, 1.54) is 6.07 Å². The molecule has 6 nitrogen and oxygen atoms in total. The van der Waals surface area contributed by atoms with Gasteiger partial charge in [-0.25, -0.2) is 0 Å². The van der Waals surface area contributed by atoms with Gasteiger partial charge in [-0.05, 0) is 12.5 Å². The zero-order valence-corrected chi connectivity index (χ0v) is 10.3. The number of hydrogen-bond donors (Lipinski definition) is 2. The van der Waals surface area contributed by atoms with Crippen molar-refractivity contribution in [3.63, 3.8) is 0 Å². The van der Waals surface area contributed by atoms with E-state index in [1.54, 1.807) is 16.8 Å². The maximum absolute atomic E-state index is 11.6. The van der Waals surface area contributed by atoms with Crippen molar-refractivity contribution in [2.45, 2.75) is 13.0 Å². The molecule has 1 aromatic heterocycles. The van der Waals surface area contributed by atoms with Crippen LogP contribution in [0.2, 0.25) is 0 Å². The summed E-state index contributed by atoms with van der Waals surface area (Å²) in [6.45, 7) is 3.23. The van der Waals surface area contributed by atoms with E-state index >= 15 is 0 Å². The first kappa shape index (κ1) is 12.6. The molecule has 1 aromatic rings. The van der Waals surface area contributed by atoms with Crippen LogP contribution in [0.4, 0.5) is 5.69 Å². The third-order valence-electron chi connectivity index (χ3n) is 3.00. The molecular formula is C12H18N4O2. The molecule has 0 radical (unpaired) electrons. The highest BCUT2D eigenvalue weighted by atomic mass is 16.2. The fourth-order valence-electron chi connectivity index (χ4n) is 2.03. The Hall–Kier alpha value is -1.82. The number of anilines is 1. The minimum absolute atomic E-state index is 0.0485. The maximum atomic E-state index is 11.6. The van der Waals surface area contributed by atoms with E-state index < -0.39 is 0 Å². The van der Waals surface area contributed by atoms with Crippen molar-refractivity contribution in [2.75, 3.05) is 31.9 Å². The van der Waals surface area contributed by atoms with Gasteiger partial charge in [0.2, 0.25) is 5.91 Å². The van der Waals surface area contributed by atoms with Gasteiger partial charge in [-0.3, -0.25) is 14.5 Å². The molecule has 1 saturated heterocycles. The van der Waals surface area contributed by atoms with Crippen LogP contribution in [0.5, 0.6) is 0 Å². The fourth-order valence-corrected chi connectivity index (χ4v) is 2.03. The average molecular weight is 250 g/mol. The van der Waals surface area contributed by atoms with Gasteiger partial charge in [0.15, 0.2) is 0 Å². The SMILES string of the molecule is Nc1ccc(=O)n(CCN2CCCNC(=O)C2)c1. The number of rotatable bonds is 3. The second-order valence-corrected chi connectivity index (χ2v) is 4.47. The predicted molar refractivity (Wildman–Crippen MR) is 69.2 cm³/mol. The number of carbonyl (C=O) groups is 1. The minimum Gasteiger partial charge on any atom is -0.398 e. The molecule has 1 amide bonds. The molecule has 3 N–H and O–H groups in total. The number of hydrogen-bond acceptors (Lipinski definition) is 4.